The van der Waals surface area contributed by atoms with E-state index in [2.05, 4.69) is 27.3 Å². The number of methoxy groups -OCH3 is 3. The Bertz CT molecular complexity index is 733. The Hall–Kier alpha value is -1.72. The maximum absolute atomic E-state index is 5.56. The minimum atomic E-state index is 0.437. The second-order valence-electron chi connectivity index (χ2n) is 5.83. The van der Waals surface area contributed by atoms with E-state index in [1.807, 2.05) is 24.3 Å². The molecule has 0 saturated heterocycles. The maximum atomic E-state index is 5.56. The lowest BCUT2D eigenvalue weighted by atomic mass is 9.76. The van der Waals surface area contributed by atoms with Crippen LogP contribution in [0.1, 0.15) is 22.6 Å². The zero-order valence-corrected chi connectivity index (χ0v) is 15.8. The fourth-order valence-electron chi connectivity index (χ4n) is 3.34. The molecule has 1 aliphatic rings. The van der Waals surface area contributed by atoms with Gasteiger partial charge in [0.25, 0.3) is 0 Å². The molecule has 4 nitrogen and oxygen atoms in total. The standard InChI is InChI=1S/C19H22BrNO3/c1-22-16-7-5-4-6-12(16)10-21-11-13-8-14-18(13)17(23-2)9-15(20)19(14)24-3/h4-7,9,13,21H,8,10-11H2,1-3H3/t13-/m0/s1. The summed E-state index contributed by atoms with van der Waals surface area (Å²) < 4.78 is 17.4. The Morgan fingerprint density at radius 1 is 1.08 bits per heavy atom. The van der Waals surface area contributed by atoms with E-state index in [9.17, 15) is 0 Å². The summed E-state index contributed by atoms with van der Waals surface area (Å²) in [6, 6.07) is 10.1. The van der Waals surface area contributed by atoms with Gasteiger partial charge in [0.15, 0.2) is 0 Å². The van der Waals surface area contributed by atoms with Gasteiger partial charge in [-0.15, -0.1) is 0 Å². The molecule has 0 amide bonds. The smallest absolute Gasteiger partial charge is 0.136 e. The molecule has 0 aromatic heterocycles. The van der Waals surface area contributed by atoms with Crippen LogP contribution in [0.4, 0.5) is 0 Å². The first-order valence-electron chi connectivity index (χ1n) is 7.95. The van der Waals surface area contributed by atoms with Crippen LogP contribution in [0.15, 0.2) is 34.8 Å². The molecule has 2 aromatic rings. The quantitative estimate of drug-likeness (QED) is 0.776. The zero-order chi connectivity index (χ0) is 17.1. The van der Waals surface area contributed by atoms with Gasteiger partial charge in [-0.1, -0.05) is 18.2 Å². The number of hydrogen-bond acceptors (Lipinski definition) is 4. The molecular formula is C19H22BrNO3. The van der Waals surface area contributed by atoms with Crippen LogP contribution < -0.4 is 19.5 Å². The second kappa shape index (κ2) is 7.45. The molecule has 3 rings (SSSR count). The molecule has 0 unspecified atom stereocenters. The van der Waals surface area contributed by atoms with Crippen molar-refractivity contribution >= 4 is 15.9 Å². The average Bonchev–Trinajstić information content (AvgIpc) is 2.59. The number of ether oxygens (including phenoxy) is 3. The highest BCUT2D eigenvalue weighted by atomic mass is 79.9. The summed E-state index contributed by atoms with van der Waals surface area (Å²) in [5, 5.41) is 3.53. The summed E-state index contributed by atoms with van der Waals surface area (Å²) in [6.07, 6.45) is 0.993. The molecule has 1 atom stereocenters. The molecule has 128 valence electrons. The molecule has 0 saturated carbocycles. The van der Waals surface area contributed by atoms with Crippen LogP contribution >= 0.6 is 15.9 Å². The fourth-order valence-corrected chi connectivity index (χ4v) is 3.94. The van der Waals surface area contributed by atoms with E-state index < -0.39 is 0 Å². The maximum Gasteiger partial charge on any atom is 0.136 e. The van der Waals surface area contributed by atoms with E-state index in [4.69, 9.17) is 14.2 Å². The first-order chi connectivity index (χ1) is 11.7. The molecule has 0 bridgehead atoms. The van der Waals surface area contributed by atoms with Crippen molar-refractivity contribution in [2.75, 3.05) is 27.9 Å². The van der Waals surface area contributed by atoms with E-state index in [0.29, 0.717) is 5.92 Å². The zero-order valence-electron chi connectivity index (χ0n) is 14.2. The van der Waals surface area contributed by atoms with Crippen molar-refractivity contribution in [1.29, 1.82) is 0 Å². The molecule has 24 heavy (non-hydrogen) atoms. The SMILES string of the molecule is COc1ccccc1CNC[C@@H]1Cc2c(OC)c(Br)cc(OC)c21. The molecule has 0 heterocycles. The van der Waals surface area contributed by atoms with Gasteiger partial charge in [-0.2, -0.15) is 0 Å². The highest BCUT2D eigenvalue weighted by molar-refractivity contribution is 9.10. The third-order valence-corrected chi connectivity index (χ3v) is 5.11. The molecule has 0 spiro atoms. The van der Waals surface area contributed by atoms with Crippen molar-refractivity contribution in [1.82, 2.24) is 5.32 Å². The Labute approximate surface area is 151 Å². The van der Waals surface area contributed by atoms with E-state index in [-0.39, 0.29) is 0 Å². The Morgan fingerprint density at radius 2 is 1.83 bits per heavy atom. The molecule has 2 aromatic carbocycles. The molecular weight excluding hydrogens is 370 g/mol. The molecule has 1 aliphatic carbocycles. The minimum Gasteiger partial charge on any atom is -0.496 e. The van der Waals surface area contributed by atoms with Gasteiger partial charge in [0.1, 0.15) is 17.2 Å². The minimum absolute atomic E-state index is 0.437. The molecule has 0 fully saturated rings. The van der Waals surface area contributed by atoms with Crippen LogP contribution in [0, 0.1) is 0 Å². The first kappa shape index (κ1) is 17.1. The average molecular weight is 392 g/mol. The first-order valence-corrected chi connectivity index (χ1v) is 8.74. The van der Waals surface area contributed by atoms with Crippen molar-refractivity contribution in [3.05, 3.63) is 51.5 Å². The van der Waals surface area contributed by atoms with Gasteiger partial charge >= 0.3 is 0 Å². The van der Waals surface area contributed by atoms with Crippen molar-refractivity contribution < 1.29 is 14.2 Å². The topological polar surface area (TPSA) is 39.7 Å². The molecule has 5 heteroatoms. The summed E-state index contributed by atoms with van der Waals surface area (Å²) in [7, 11) is 5.13. The van der Waals surface area contributed by atoms with Gasteiger partial charge < -0.3 is 19.5 Å². The van der Waals surface area contributed by atoms with Crippen molar-refractivity contribution in [2.45, 2.75) is 18.9 Å². The van der Waals surface area contributed by atoms with E-state index in [0.717, 1.165) is 41.2 Å². The van der Waals surface area contributed by atoms with Crippen LogP contribution in [0.25, 0.3) is 0 Å². The Morgan fingerprint density at radius 3 is 2.54 bits per heavy atom. The lowest BCUT2D eigenvalue weighted by Crippen LogP contribution is -2.30. The van der Waals surface area contributed by atoms with Gasteiger partial charge in [-0.3, -0.25) is 0 Å². The van der Waals surface area contributed by atoms with Gasteiger partial charge in [-0.05, 0) is 34.5 Å². The predicted molar refractivity (Wildman–Crippen MR) is 98.4 cm³/mol. The Kier molecular flexibility index (Phi) is 5.31. The van der Waals surface area contributed by atoms with Gasteiger partial charge in [0, 0.05) is 35.7 Å². The van der Waals surface area contributed by atoms with Crippen molar-refractivity contribution in [3.8, 4) is 17.2 Å². The number of para-hydroxylation sites is 1. The number of fused-ring (bicyclic) bond motifs is 1. The lowest BCUT2D eigenvalue weighted by molar-refractivity contribution is 0.370. The second-order valence-corrected chi connectivity index (χ2v) is 6.68. The van der Waals surface area contributed by atoms with E-state index in [1.54, 1.807) is 21.3 Å². The monoisotopic (exact) mass is 391 g/mol. The number of rotatable bonds is 7. The summed E-state index contributed by atoms with van der Waals surface area (Å²) in [4.78, 5) is 0. The normalized spacial score (nSPS) is 15.4. The number of benzene rings is 2. The van der Waals surface area contributed by atoms with E-state index in [1.165, 1.54) is 16.7 Å². The predicted octanol–water partition coefficient (Wildman–Crippen LogP) is 3.90. The van der Waals surface area contributed by atoms with Crippen LogP contribution in [0.5, 0.6) is 17.2 Å². The van der Waals surface area contributed by atoms with Gasteiger partial charge in [0.05, 0.1) is 25.8 Å². The van der Waals surface area contributed by atoms with Crippen LogP contribution in [-0.2, 0) is 13.0 Å². The van der Waals surface area contributed by atoms with Crippen LogP contribution in [0.2, 0.25) is 0 Å². The number of halogens is 1. The summed E-state index contributed by atoms with van der Waals surface area (Å²) >= 11 is 3.55. The third-order valence-electron chi connectivity index (χ3n) is 4.52. The van der Waals surface area contributed by atoms with E-state index >= 15 is 0 Å². The summed E-state index contributed by atoms with van der Waals surface area (Å²) in [5.41, 5.74) is 3.66. The van der Waals surface area contributed by atoms with Crippen LogP contribution in [0.3, 0.4) is 0 Å². The molecule has 0 radical (unpaired) electrons. The molecule has 0 aliphatic heterocycles. The largest absolute Gasteiger partial charge is 0.496 e. The Balaban J connectivity index is 1.69. The fraction of sp³-hybridized carbons (Fsp3) is 0.368. The summed E-state index contributed by atoms with van der Waals surface area (Å²) in [5.74, 6) is 3.20. The van der Waals surface area contributed by atoms with Crippen LogP contribution in [-0.4, -0.2) is 27.9 Å². The number of hydrogen-bond donors (Lipinski definition) is 1. The number of nitrogens with one attached hydrogen (secondary N) is 1. The van der Waals surface area contributed by atoms with Crippen molar-refractivity contribution in [3.63, 3.8) is 0 Å². The van der Waals surface area contributed by atoms with Gasteiger partial charge in [-0.25, -0.2) is 0 Å². The highest BCUT2D eigenvalue weighted by Crippen LogP contribution is 2.49. The van der Waals surface area contributed by atoms with Crippen molar-refractivity contribution in [2.24, 2.45) is 0 Å². The highest BCUT2D eigenvalue weighted by Gasteiger charge is 2.34. The third kappa shape index (κ3) is 3.10. The van der Waals surface area contributed by atoms with Gasteiger partial charge in [0.2, 0.25) is 0 Å². The molecule has 1 N–H and O–H groups in total. The summed E-state index contributed by atoms with van der Waals surface area (Å²) in [6.45, 7) is 1.68. The lowest BCUT2D eigenvalue weighted by Gasteiger charge is -2.34.